The maximum atomic E-state index is 12.9. The standard InChI is InChI=1S/C12H11FINO/c13-8-1-2-9(10(14)3-8)11(16)15-12-4-7(5-12)6-12/h1-3,7H,4-6H2,(H,15,16). The molecule has 0 aliphatic heterocycles. The molecule has 3 aliphatic carbocycles. The molecule has 1 amide bonds. The van der Waals surface area contributed by atoms with Crippen LogP contribution in [0.15, 0.2) is 18.2 Å². The van der Waals surface area contributed by atoms with Gasteiger partial charge < -0.3 is 5.32 Å². The number of nitrogens with one attached hydrogen (secondary N) is 1. The topological polar surface area (TPSA) is 29.1 Å². The van der Waals surface area contributed by atoms with Gasteiger partial charge in [0, 0.05) is 9.11 Å². The first-order valence-corrected chi connectivity index (χ1v) is 6.43. The van der Waals surface area contributed by atoms with Crippen LogP contribution in [0.3, 0.4) is 0 Å². The van der Waals surface area contributed by atoms with Crippen LogP contribution in [-0.4, -0.2) is 11.4 Å². The molecule has 0 heterocycles. The minimum absolute atomic E-state index is 0.0671. The summed E-state index contributed by atoms with van der Waals surface area (Å²) in [5, 5.41) is 3.07. The van der Waals surface area contributed by atoms with Crippen molar-refractivity contribution in [2.75, 3.05) is 0 Å². The molecule has 0 spiro atoms. The van der Waals surface area contributed by atoms with Gasteiger partial charge in [-0.3, -0.25) is 4.79 Å². The minimum Gasteiger partial charge on any atom is -0.347 e. The first-order valence-electron chi connectivity index (χ1n) is 5.36. The van der Waals surface area contributed by atoms with E-state index in [1.165, 1.54) is 12.1 Å². The fourth-order valence-electron chi connectivity index (χ4n) is 2.61. The lowest BCUT2D eigenvalue weighted by molar-refractivity contribution is -0.0438. The first-order chi connectivity index (χ1) is 7.58. The first kappa shape index (κ1) is 10.5. The van der Waals surface area contributed by atoms with E-state index < -0.39 is 0 Å². The van der Waals surface area contributed by atoms with Gasteiger partial charge in [0.25, 0.3) is 5.91 Å². The summed E-state index contributed by atoms with van der Waals surface area (Å²) in [7, 11) is 0. The summed E-state index contributed by atoms with van der Waals surface area (Å²) in [6.07, 6.45) is 3.36. The van der Waals surface area contributed by atoms with Crippen LogP contribution in [0.25, 0.3) is 0 Å². The third kappa shape index (κ3) is 1.54. The molecule has 0 radical (unpaired) electrons. The van der Waals surface area contributed by atoms with Gasteiger partial charge in [-0.1, -0.05) is 0 Å². The second-order valence-electron chi connectivity index (χ2n) is 4.84. The third-order valence-electron chi connectivity index (χ3n) is 3.59. The summed E-state index contributed by atoms with van der Waals surface area (Å²) in [6.45, 7) is 0. The van der Waals surface area contributed by atoms with E-state index in [-0.39, 0.29) is 17.3 Å². The van der Waals surface area contributed by atoms with E-state index in [0.717, 1.165) is 25.2 Å². The van der Waals surface area contributed by atoms with Crippen LogP contribution in [0.5, 0.6) is 0 Å². The highest BCUT2D eigenvalue weighted by atomic mass is 127. The number of benzene rings is 1. The van der Waals surface area contributed by atoms with Crippen molar-refractivity contribution in [1.82, 2.24) is 5.32 Å². The monoisotopic (exact) mass is 331 g/mol. The van der Waals surface area contributed by atoms with Crippen molar-refractivity contribution in [3.05, 3.63) is 33.1 Å². The Morgan fingerprint density at radius 1 is 1.44 bits per heavy atom. The molecule has 0 unspecified atom stereocenters. The van der Waals surface area contributed by atoms with Crippen LogP contribution in [-0.2, 0) is 0 Å². The molecule has 0 atom stereocenters. The molecule has 3 fully saturated rings. The van der Waals surface area contributed by atoms with Gasteiger partial charge in [-0.2, -0.15) is 0 Å². The van der Waals surface area contributed by atoms with E-state index in [9.17, 15) is 9.18 Å². The van der Waals surface area contributed by atoms with Crippen molar-refractivity contribution in [3.8, 4) is 0 Å². The zero-order valence-electron chi connectivity index (χ0n) is 8.59. The molecule has 4 rings (SSSR count). The van der Waals surface area contributed by atoms with Gasteiger partial charge in [-0.15, -0.1) is 0 Å². The molecule has 84 valence electrons. The molecular weight excluding hydrogens is 320 g/mol. The summed E-state index contributed by atoms with van der Waals surface area (Å²) in [6, 6.07) is 4.27. The van der Waals surface area contributed by atoms with E-state index in [2.05, 4.69) is 5.32 Å². The minimum atomic E-state index is -0.300. The van der Waals surface area contributed by atoms with Crippen LogP contribution in [0.4, 0.5) is 4.39 Å². The second kappa shape index (κ2) is 3.42. The van der Waals surface area contributed by atoms with Gasteiger partial charge in [0.1, 0.15) is 5.82 Å². The van der Waals surface area contributed by atoms with E-state index in [0.29, 0.717) is 9.13 Å². The zero-order chi connectivity index (χ0) is 11.3. The smallest absolute Gasteiger partial charge is 0.252 e. The Morgan fingerprint density at radius 3 is 2.62 bits per heavy atom. The molecule has 1 N–H and O–H groups in total. The van der Waals surface area contributed by atoms with Gasteiger partial charge in [0.05, 0.1) is 5.56 Å². The van der Waals surface area contributed by atoms with Crippen molar-refractivity contribution in [3.63, 3.8) is 0 Å². The predicted octanol–water partition coefficient (Wildman–Crippen LogP) is 2.71. The SMILES string of the molecule is O=C(NC12CC(C1)C2)c1ccc(F)cc1I. The maximum Gasteiger partial charge on any atom is 0.252 e. The highest BCUT2D eigenvalue weighted by Gasteiger charge is 2.57. The number of carbonyl (C=O) groups excluding carboxylic acids is 1. The number of amides is 1. The normalized spacial score (nSPS) is 30.2. The number of hydrogen-bond acceptors (Lipinski definition) is 1. The highest BCUT2D eigenvalue weighted by molar-refractivity contribution is 14.1. The van der Waals surface area contributed by atoms with Gasteiger partial charge in [0.15, 0.2) is 0 Å². The lowest BCUT2D eigenvalue weighted by atomic mass is 9.50. The van der Waals surface area contributed by atoms with Crippen LogP contribution >= 0.6 is 22.6 Å². The molecule has 2 bridgehead atoms. The van der Waals surface area contributed by atoms with Crippen LogP contribution in [0.1, 0.15) is 29.6 Å². The fraction of sp³-hybridized carbons (Fsp3) is 0.417. The molecule has 3 saturated carbocycles. The summed E-state index contributed by atoms with van der Waals surface area (Å²) in [4.78, 5) is 12.0. The summed E-state index contributed by atoms with van der Waals surface area (Å²) < 4.78 is 13.6. The average molecular weight is 331 g/mol. The average Bonchev–Trinajstić information content (AvgIpc) is 2.09. The van der Waals surface area contributed by atoms with E-state index >= 15 is 0 Å². The fourth-order valence-corrected chi connectivity index (χ4v) is 3.34. The van der Waals surface area contributed by atoms with Crippen molar-refractivity contribution in [2.24, 2.45) is 5.92 Å². The van der Waals surface area contributed by atoms with Crippen molar-refractivity contribution in [2.45, 2.75) is 24.8 Å². The number of halogens is 2. The maximum absolute atomic E-state index is 12.9. The van der Waals surface area contributed by atoms with Crippen molar-refractivity contribution in [1.29, 1.82) is 0 Å². The third-order valence-corrected chi connectivity index (χ3v) is 4.49. The Hall–Kier alpha value is -0.650. The Labute approximate surface area is 107 Å². The van der Waals surface area contributed by atoms with E-state index in [1.807, 2.05) is 22.6 Å². The van der Waals surface area contributed by atoms with Crippen molar-refractivity contribution < 1.29 is 9.18 Å². The Kier molecular flexibility index (Phi) is 2.24. The summed E-state index contributed by atoms with van der Waals surface area (Å²) in [5.74, 6) is 0.474. The lowest BCUT2D eigenvalue weighted by Gasteiger charge is -2.61. The molecule has 2 nitrogen and oxygen atoms in total. The molecule has 3 aliphatic rings. The molecule has 1 aromatic rings. The van der Waals surface area contributed by atoms with Gasteiger partial charge in [0.2, 0.25) is 0 Å². The zero-order valence-corrected chi connectivity index (χ0v) is 10.8. The van der Waals surface area contributed by atoms with Crippen LogP contribution in [0, 0.1) is 15.3 Å². The predicted molar refractivity (Wildman–Crippen MR) is 66.7 cm³/mol. The highest BCUT2D eigenvalue weighted by Crippen LogP contribution is 2.56. The summed E-state index contributed by atoms with van der Waals surface area (Å²) in [5.41, 5.74) is 0.658. The van der Waals surface area contributed by atoms with Gasteiger partial charge >= 0.3 is 0 Å². The largest absolute Gasteiger partial charge is 0.347 e. The van der Waals surface area contributed by atoms with Gasteiger partial charge in [-0.25, -0.2) is 4.39 Å². The molecule has 4 heteroatoms. The lowest BCUT2D eigenvalue weighted by Crippen LogP contribution is -2.68. The molecule has 0 saturated heterocycles. The summed E-state index contributed by atoms with van der Waals surface area (Å²) >= 11 is 1.99. The second-order valence-corrected chi connectivity index (χ2v) is 6.00. The Morgan fingerprint density at radius 2 is 2.12 bits per heavy atom. The van der Waals surface area contributed by atoms with Crippen LogP contribution in [0.2, 0.25) is 0 Å². The molecule has 16 heavy (non-hydrogen) atoms. The Balaban J connectivity index is 1.78. The molecular formula is C12H11FINO. The van der Waals surface area contributed by atoms with Crippen LogP contribution < -0.4 is 5.32 Å². The van der Waals surface area contributed by atoms with E-state index in [4.69, 9.17) is 0 Å². The number of carbonyl (C=O) groups is 1. The Bertz CT molecular complexity index is 457. The number of hydrogen-bond donors (Lipinski definition) is 1. The number of rotatable bonds is 2. The van der Waals surface area contributed by atoms with E-state index in [1.54, 1.807) is 6.07 Å². The quantitative estimate of drug-likeness (QED) is 0.830. The molecule has 0 aromatic heterocycles. The molecule has 1 aromatic carbocycles. The van der Waals surface area contributed by atoms with Gasteiger partial charge in [-0.05, 0) is 66.0 Å². The van der Waals surface area contributed by atoms with Crippen molar-refractivity contribution >= 4 is 28.5 Å².